The first-order valence-electron chi connectivity index (χ1n) is 11.3. The maximum Gasteiger partial charge on any atom is 0.227 e. The van der Waals surface area contributed by atoms with E-state index in [1.807, 2.05) is 32.9 Å². The summed E-state index contributed by atoms with van der Waals surface area (Å²) in [5, 5.41) is 3.35. The minimum Gasteiger partial charge on any atom is -0.342 e. The lowest BCUT2D eigenvalue weighted by atomic mass is 9.93. The lowest BCUT2D eigenvalue weighted by Crippen LogP contribution is -2.39. The Labute approximate surface area is 179 Å². The molecule has 2 aliphatic rings. The van der Waals surface area contributed by atoms with Gasteiger partial charge in [0, 0.05) is 53.9 Å². The zero-order valence-corrected chi connectivity index (χ0v) is 18.4. The summed E-state index contributed by atoms with van der Waals surface area (Å²) in [6.07, 6.45) is 7.85. The monoisotopic (exact) mass is 407 g/mol. The van der Waals surface area contributed by atoms with Crippen LogP contribution in [0, 0.1) is 26.7 Å². The van der Waals surface area contributed by atoms with E-state index in [0.29, 0.717) is 17.8 Å². The Hall–Kier alpha value is -2.50. The fourth-order valence-corrected chi connectivity index (χ4v) is 4.92. The number of anilines is 2. The molecule has 0 bridgehead atoms. The SMILES string of the molecule is Cc1cc(Nc2nc(C)cc(C)n2)cc(C2CCCN(C(=O)CC3CCCC3)C2)n1. The fraction of sp³-hybridized carbons (Fsp3) is 0.583. The molecule has 1 aliphatic heterocycles. The van der Waals surface area contributed by atoms with Crippen LogP contribution in [0.5, 0.6) is 0 Å². The van der Waals surface area contributed by atoms with Crippen molar-refractivity contribution >= 4 is 17.5 Å². The van der Waals surface area contributed by atoms with E-state index in [4.69, 9.17) is 4.98 Å². The molecule has 1 saturated heterocycles. The van der Waals surface area contributed by atoms with Crippen molar-refractivity contribution in [1.82, 2.24) is 19.9 Å². The van der Waals surface area contributed by atoms with Crippen LogP contribution in [0.15, 0.2) is 18.2 Å². The lowest BCUT2D eigenvalue weighted by Gasteiger charge is -2.33. The third kappa shape index (κ3) is 5.15. The molecule has 1 amide bonds. The van der Waals surface area contributed by atoms with Gasteiger partial charge in [0.15, 0.2) is 0 Å². The summed E-state index contributed by atoms with van der Waals surface area (Å²) in [4.78, 5) is 28.7. The van der Waals surface area contributed by atoms with Gasteiger partial charge in [-0.1, -0.05) is 12.8 Å². The van der Waals surface area contributed by atoms with Crippen LogP contribution in [0.4, 0.5) is 11.6 Å². The summed E-state index contributed by atoms with van der Waals surface area (Å²) in [6.45, 7) is 7.63. The normalized spacial score (nSPS) is 19.8. The van der Waals surface area contributed by atoms with Gasteiger partial charge in [0.2, 0.25) is 11.9 Å². The van der Waals surface area contributed by atoms with Gasteiger partial charge in [0.1, 0.15) is 0 Å². The molecule has 2 fully saturated rings. The van der Waals surface area contributed by atoms with E-state index >= 15 is 0 Å². The van der Waals surface area contributed by atoms with Gasteiger partial charge in [-0.15, -0.1) is 0 Å². The second kappa shape index (κ2) is 9.11. The second-order valence-corrected chi connectivity index (χ2v) is 9.05. The van der Waals surface area contributed by atoms with Crippen LogP contribution >= 0.6 is 0 Å². The van der Waals surface area contributed by atoms with Crippen LogP contribution in [0.3, 0.4) is 0 Å². The number of aryl methyl sites for hydroxylation is 3. The van der Waals surface area contributed by atoms with E-state index in [0.717, 1.165) is 60.8 Å². The van der Waals surface area contributed by atoms with Gasteiger partial charge < -0.3 is 10.2 Å². The number of piperidine rings is 1. The first-order valence-corrected chi connectivity index (χ1v) is 11.3. The van der Waals surface area contributed by atoms with E-state index in [2.05, 4.69) is 26.3 Å². The van der Waals surface area contributed by atoms with Gasteiger partial charge in [0.05, 0.1) is 0 Å². The van der Waals surface area contributed by atoms with Crippen molar-refractivity contribution in [3.05, 3.63) is 41.0 Å². The maximum atomic E-state index is 12.8. The maximum absolute atomic E-state index is 12.8. The number of nitrogens with zero attached hydrogens (tertiary/aromatic N) is 4. The molecule has 3 heterocycles. The minimum absolute atomic E-state index is 0.284. The number of carbonyl (C=O) groups is 1. The Morgan fingerprint density at radius 2 is 1.67 bits per heavy atom. The molecule has 0 aromatic carbocycles. The number of hydrogen-bond acceptors (Lipinski definition) is 5. The summed E-state index contributed by atoms with van der Waals surface area (Å²) in [7, 11) is 0. The van der Waals surface area contributed by atoms with Gasteiger partial charge in [-0.3, -0.25) is 9.78 Å². The first kappa shape index (κ1) is 20.8. The number of hydrogen-bond donors (Lipinski definition) is 1. The predicted octanol–water partition coefficient (Wildman–Crippen LogP) is 4.83. The van der Waals surface area contributed by atoms with Gasteiger partial charge in [-0.05, 0) is 70.6 Å². The van der Waals surface area contributed by atoms with Crippen molar-refractivity contribution in [2.75, 3.05) is 18.4 Å². The van der Waals surface area contributed by atoms with Crippen molar-refractivity contribution in [2.24, 2.45) is 5.92 Å². The Kier molecular flexibility index (Phi) is 6.30. The zero-order chi connectivity index (χ0) is 21.1. The molecule has 6 heteroatoms. The van der Waals surface area contributed by atoms with Crippen molar-refractivity contribution in [2.45, 2.75) is 71.6 Å². The van der Waals surface area contributed by atoms with Crippen molar-refractivity contribution in [3.63, 3.8) is 0 Å². The second-order valence-electron chi connectivity index (χ2n) is 9.05. The van der Waals surface area contributed by atoms with E-state index < -0.39 is 0 Å². The number of amides is 1. The summed E-state index contributed by atoms with van der Waals surface area (Å²) in [5.41, 5.74) is 4.87. The highest BCUT2D eigenvalue weighted by molar-refractivity contribution is 5.76. The van der Waals surface area contributed by atoms with Crippen LogP contribution in [0.2, 0.25) is 0 Å². The number of rotatable bonds is 5. The standard InChI is InChI=1S/C24H33N5O/c1-16-11-17(2)27-24(26-16)28-21-12-18(3)25-22(14-21)20-9-6-10-29(15-20)23(30)13-19-7-4-5-8-19/h11-12,14,19-20H,4-10,13,15H2,1-3H3,(H,25,26,27,28). The number of aromatic nitrogens is 3. The van der Waals surface area contributed by atoms with Crippen LogP contribution in [-0.4, -0.2) is 38.8 Å². The molecule has 0 spiro atoms. The number of likely N-dealkylation sites (tertiary alicyclic amines) is 1. The van der Waals surface area contributed by atoms with Crippen molar-refractivity contribution in [3.8, 4) is 0 Å². The predicted molar refractivity (Wildman–Crippen MR) is 119 cm³/mol. The molecule has 1 unspecified atom stereocenters. The molecule has 6 nitrogen and oxygen atoms in total. The summed E-state index contributed by atoms with van der Waals surface area (Å²) < 4.78 is 0. The first-order chi connectivity index (χ1) is 14.5. The topological polar surface area (TPSA) is 71.0 Å². The molecular weight excluding hydrogens is 374 g/mol. The van der Waals surface area contributed by atoms with E-state index in [1.54, 1.807) is 0 Å². The average molecular weight is 408 g/mol. The third-order valence-corrected chi connectivity index (χ3v) is 6.34. The molecule has 2 aromatic rings. The highest BCUT2D eigenvalue weighted by Crippen LogP contribution is 2.31. The Morgan fingerprint density at radius 1 is 0.967 bits per heavy atom. The van der Waals surface area contributed by atoms with E-state index in [-0.39, 0.29) is 5.92 Å². The van der Waals surface area contributed by atoms with Crippen LogP contribution in [0.1, 0.15) is 73.6 Å². The number of nitrogens with one attached hydrogen (secondary N) is 1. The van der Waals surface area contributed by atoms with Gasteiger partial charge in [-0.2, -0.15) is 0 Å². The van der Waals surface area contributed by atoms with E-state index in [1.165, 1.54) is 25.7 Å². The molecule has 1 saturated carbocycles. The Bertz CT molecular complexity index is 886. The molecule has 2 aromatic heterocycles. The third-order valence-electron chi connectivity index (χ3n) is 6.34. The Morgan fingerprint density at radius 3 is 2.40 bits per heavy atom. The number of pyridine rings is 1. The molecule has 30 heavy (non-hydrogen) atoms. The summed E-state index contributed by atoms with van der Waals surface area (Å²) >= 11 is 0. The molecule has 1 N–H and O–H groups in total. The van der Waals surface area contributed by atoms with Crippen LogP contribution in [0.25, 0.3) is 0 Å². The van der Waals surface area contributed by atoms with E-state index in [9.17, 15) is 4.79 Å². The number of carbonyl (C=O) groups excluding carboxylic acids is 1. The summed E-state index contributed by atoms with van der Waals surface area (Å²) in [6, 6.07) is 6.09. The zero-order valence-electron chi connectivity index (χ0n) is 18.4. The summed E-state index contributed by atoms with van der Waals surface area (Å²) in [5.74, 6) is 1.83. The van der Waals surface area contributed by atoms with Gasteiger partial charge >= 0.3 is 0 Å². The highest BCUT2D eigenvalue weighted by Gasteiger charge is 2.28. The van der Waals surface area contributed by atoms with Gasteiger partial charge in [0.25, 0.3) is 0 Å². The quantitative estimate of drug-likeness (QED) is 0.769. The smallest absolute Gasteiger partial charge is 0.227 e. The average Bonchev–Trinajstić information content (AvgIpc) is 3.20. The van der Waals surface area contributed by atoms with Crippen molar-refractivity contribution < 1.29 is 4.79 Å². The lowest BCUT2D eigenvalue weighted by molar-refractivity contribution is -0.133. The highest BCUT2D eigenvalue weighted by atomic mass is 16.2. The minimum atomic E-state index is 0.284. The molecule has 4 rings (SSSR count). The molecule has 1 atom stereocenters. The van der Waals surface area contributed by atoms with Crippen molar-refractivity contribution in [1.29, 1.82) is 0 Å². The molecule has 160 valence electrons. The molecule has 1 aliphatic carbocycles. The fourth-order valence-electron chi connectivity index (χ4n) is 4.92. The molecule has 0 radical (unpaired) electrons. The van der Waals surface area contributed by atoms with Crippen LogP contribution < -0.4 is 5.32 Å². The van der Waals surface area contributed by atoms with Gasteiger partial charge in [-0.25, -0.2) is 9.97 Å². The molecular formula is C24H33N5O. The largest absolute Gasteiger partial charge is 0.342 e. The van der Waals surface area contributed by atoms with Crippen LogP contribution in [-0.2, 0) is 4.79 Å². The Balaban J connectivity index is 1.46.